The van der Waals surface area contributed by atoms with Gasteiger partial charge in [-0.25, -0.2) is 4.98 Å². The third-order valence-electron chi connectivity index (χ3n) is 4.18. The third kappa shape index (κ3) is 2.87. The molecule has 0 aliphatic heterocycles. The molecule has 0 aliphatic rings. The first-order valence-corrected chi connectivity index (χ1v) is 8.77. The molecule has 1 heterocycles. The summed E-state index contributed by atoms with van der Waals surface area (Å²) in [6.45, 7) is 2.92. The predicted molar refractivity (Wildman–Crippen MR) is 103 cm³/mol. The lowest BCUT2D eigenvalue weighted by Gasteiger charge is -2.10. The molecule has 2 nitrogen and oxygen atoms in total. The standard InChI is InChI=1S/C21H17BrN2/c1-15-5-4-6-17(13-15)21-23-19-7-2-3-8-20(19)24(21)14-16-9-11-18(22)12-10-16/h2-13H,14H2,1H3. The van der Waals surface area contributed by atoms with Crippen LogP contribution in [0, 0.1) is 6.92 Å². The van der Waals surface area contributed by atoms with Crippen LogP contribution in [0.5, 0.6) is 0 Å². The van der Waals surface area contributed by atoms with Crippen LogP contribution in [0.25, 0.3) is 22.4 Å². The molecule has 0 amide bonds. The Kier molecular flexibility index (Phi) is 3.95. The molecule has 0 fully saturated rings. The number of hydrogen-bond donors (Lipinski definition) is 0. The molecule has 1 aromatic heterocycles. The van der Waals surface area contributed by atoms with Crippen LogP contribution in [-0.2, 0) is 6.54 Å². The summed E-state index contributed by atoms with van der Waals surface area (Å²) in [6.07, 6.45) is 0. The van der Waals surface area contributed by atoms with Gasteiger partial charge in [-0.3, -0.25) is 0 Å². The number of benzene rings is 3. The lowest BCUT2D eigenvalue weighted by molar-refractivity contribution is 0.834. The molecule has 0 radical (unpaired) electrons. The molecule has 4 aromatic rings. The quantitative estimate of drug-likeness (QED) is 0.440. The van der Waals surface area contributed by atoms with Gasteiger partial charge in [0.15, 0.2) is 0 Å². The fourth-order valence-corrected chi connectivity index (χ4v) is 3.28. The van der Waals surface area contributed by atoms with E-state index in [0.717, 1.165) is 33.4 Å². The van der Waals surface area contributed by atoms with E-state index in [9.17, 15) is 0 Å². The monoisotopic (exact) mass is 376 g/mol. The molecule has 118 valence electrons. The molecule has 0 saturated carbocycles. The molecule has 0 unspecified atom stereocenters. The second-order valence-corrected chi connectivity index (χ2v) is 6.92. The summed E-state index contributed by atoms with van der Waals surface area (Å²) in [4.78, 5) is 4.89. The first kappa shape index (κ1) is 15.2. The highest BCUT2D eigenvalue weighted by atomic mass is 79.9. The van der Waals surface area contributed by atoms with E-state index in [4.69, 9.17) is 4.98 Å². The largest absolute Gasteiger partial charge is 0.319 e. The summed E-state index contributed by atoms with van der Waals surface area (Å²) < 4.78 is 3.40. The van der Waals surface area contributed by atoms with Crippen molar-refractivity contribution < 1.29 is 0 Å². The SMILES string of the molecule is Cc1cccc(-c2nc3ccccc3n2Cc2ccc(Br)cc2)c1. The number of aromatic nitrogens is 2. The van der Waals surface area contributed by atoms with Crippen molar-refractivity contribution in [3.05, 3.63) is 88.4 Å². The number of para-hydroxylation sites is 2. The van der Waals surface area contributed by atoms with Gasteiger partial charge >= 0.3 is 0 Å². The van der Waals surface area contributed by atoms with Gasteiger partial charge in [0.2, 0.25) is 0 Å². The van der Waals surface area contributed by atoms with Crippen molar-refractivity contribution in [2.24, 2.45) is 0 Å². The lowest BCUT2D eigenvalue weighted by Crippen LogP contribution is -2.02. The highest BCUT2D eigenvalue weighted by Gasteiger charge is 2.12. The average Bonchev–Trinajstić information content (AvgIpc) is 2.96. The van der Waals surface area contributed by atoms with Gasteiger partial charge in [0, 0.05) is 16.6 Å². The van der Waals surface area contributed by atoms with E-state index < -0.39 is 0 Å². The molecular formula is C21H17BrN2. The van der Waals surface area contributed by atoms with Gasteiger partial charge in [-0.15, -0.1) is 0 Å². The fourth-order valence-electron chi connectivity index (χ4n) is 3.01. The number of nitrogens with zero attached hydrogens (tertiary/aromatic N) is 2. The lowest BCUT2D eigenvalue weighted by atomic mass is 10.1. The van der Waals surface area contributed by atoms with Crippen LogP contribution < -0.4 is 0 Å². The Balaban J connectivity index is 1.88. The fraction of sp³-hybridized carbons (Fsp3) is 0.0952. The molecule has 0 atom stereocenters. The maximum atomic E-state index is 4.89. The highest BCUT2D eigenvalue weighted by molar-refractivity contribution is 9.10. The molecular weight excluding hydrogens is 360 g/mol. The minimum atomic E-state index is 0.803. The minimum Gasteiger partial charge on any atom is -0.319 e. The predicted octanol–water partition coefficient (Wildman–Crippen LogP) is 5.82. The van der Waals surface area contributed by atoms with Crippen molar-refractivity contribution in [2.75, 3.05) is 0 Å². The molecule has 0 spiro atoms. The summed E-state index contributed by atoms with van der Waals surface area (Å²) in [6, 6.07) is 25.3. The molecule has 0 bridgehead atoms. The van der Waals surface area contributed by atoms with Gasteiger partial charge in [-0.2, -0.15) is 0 Å². The van der Waals surface area contributed by atoms with E-state index in [1.165, 1.54) is 11.1 Å². The Bertz CT molecular complexity index is 1000. The maximum Gasteiger partial charge on any atom is 0.141 e. The van der Waals surface area contributed by atoms with Gasteiger partial charge in [0.25, 0.3) is 0 Å². The van der Waals surface area contributed by atoms with Gasteiger partial charge in [0.05, 0.1) is 11.0 Å². The molecule has 0 aliphatic carbocycles. The molecule has 4 rings (SSSR count). The van der Waals surface area contributed by atoms with E-state index in [0.29, 0.717) is 0 Å². The van der Waals surface area contributed by atoms with Crippen LogP contribution >= 0.6 is 15.9 Å². The van der Waals surface area contributed by atoms with Crippen molar-refractivity contribution in [1.82, 2.24) is 9.55 Å². The summed E-state index contributed by atoms with van der Waals surface area (Å²) in [5.41, 5.74) is 5.86. The number of fused-ring (bicyclic) bond motifs is 1. The number of hydrogen-bond acceptors (Lipinski definition) is 1. The first-order valence-electron chi connectivity index (χ1n) is 7.97. The van der Waals surface area contributed by atoms with E-state index in [-0.39, 0.29) is 0 Å². The van der Waals surface area contributed by atoms with E-state index in [1.54, 1.807) is 0 Å². The summed E-state index contributed by atoms with van der Waals surface area (Å²) in [7, 11) is 0. The molecule has 0 saturated heterocycles. The van der Waals surface area contributed by atoms with Crippen molar-refractivity contribution in [1.29, 1.82) is 0 Å². The molecule has 24 heavy (non-hydrogen) atoms. The molecule has 3 heteroatoms. The van der Waals surface area contributed by atoms with Crippen LogP contribution in [0.2, 0.25) is 0 Å². The summed E-state index contributed by atoms with van der Waals surface area (Å²) >= 11 is 3.50. The normalized spacial score (nSPS) is 11.1. The Hall–Kier alpha value is -2.39. The van der Waals surface area contributed by atoms with Crippen LogP contribution in [0.1, 0.15) is 11.1 Å². The third-order valence-corrected chi connectivity index (χ3v) is 4.71. The highest BCUT2D eigenvalue weighted by Crippen LogP contribution is 2.26. The van der Waals surface area contributed by atoms with Gasteiger partial charge < -0.3 is 4.57 Å². The second-order valence-electron chi connectivity index (χ2n) is 6.01. The van der Waals surface area contributed by atoms with Crippen LogP contribution in [-0.4, -0.2) is 9.55 Å². The van der Waals surface area contributed by atoms with Gasteiger partial charge in [0.1, 0.15) is 5.82 Å². The van der Waals surface area contributed by atoms with Crippen molar-refractivity contribution in [3.63, 3.8) is 0 Å². The molecule has 3 aromatic carbocycles. The number of rotatable bonds is 3. The zero-order valence-corrected chi connectivity index (χ0v) is 15.0. The Morgan fingerprint density at radius 2 is 1.71 bits per heavy atom. The second kappa shape index (κ2) is 6.25. The zero-order chi connectivity index (χ0) is 16.5. The Labute approximate surface area is 149 Å². The smallest absolute Gasteiger partial charge is 0.141 e. The van der Waals surface area contributed by atoms with Gasteiger partial charge in [-0.05, 0) is 42.8 Å². The number of halogens is 1. The van der Waals surface area contributed by atoms with E-state index in [2.05, 4.69) is 94.2 Å². The summed E-state index contributed by atoms with van der Waals surface area (Å²) in [5.74, 6) is 1.02. The van der Waals surface area contributed by atoms with E-state index >= 15 is 0 Å². The minimum absolute atomic E-state index is 0.803. The van der Waals surface area contributed by atoms with Crippen molar-refractivity contribution in [2.45, 2.75) is 13.5 Å². The Morgan fingerprint density at radius 3 is 2.50 bits per heavy atom. The van der Waals surface area contributed by atoms with E-state index in [1.807, 2.05) is 6.07 Å². The number of aryl methyl sites for hydroxylation is 1. The van der Waals surface area contributed by atoms with Crippen molar-refractivity contribution >= 4 is 27.0 Å². The first-order chi connectivity index (χ1) is 11.7. The van der Waals surface area contributed by atoms with Crippen LogP contribution in [0.3, 0.4) is 0 Å². The van der Waals surface area contributed by atoms with Crippen LogP contribution in [0.4, 0.5) is 0 Å². The molecule has 0 N–H and O–H groups in total. The van der Waals surface area contributed by atoms with Gasteiger partial charge in [-0.1, -0.05) is 64.0 Å². The van der Waals surface area contributed by atoms with Crippen LogP contribution in [0.15, 0.2) is 77.3 Å². The maximum absolute atomic E-state index is 4.89. The number of imidazole rings is 1. The topological polar surface area (TPSA) is 17.8 Å². The average molecular weight is 377 g/mol. The zero-order valence-electron chi connectivity index (χ0n) is 13.4. The Morgan fingerprint density at radius 1 is 0.917 bits per heavy atom. The summed E-state index contributed by atoms with van der Waals surface area (Å²) in [5, 5.41) is 0. The van der Waals surface area contributed by atoms with Crippen molar-refractivity contribution in [3.8, 4) is 11.4 Å².